The topological polar surface area (TPSA) is 48.1 Å². The summed E-state index contributed by atoms with van der Waals surface area (Å²) < 4.78 is 16.0. The van der Waals surface area contributed by atoms with Crippen molar-refractivity contribution in [2.24, 2.45) is 17.8 Å². The van der Waals surface area contributed by atoms with E-state index in [0.29, 0.717) is 37.3 Å². The van der Waals surface area contributed by atoms with Crippen molar-refractivity contribution in [2.75, 3.05) is 13.2 Å². The van der Waals surface area contributed by atoms with Crippen LogP contribution in [0.15, 0.2) is 0 Å². The molecule has 0 N–H and O–H groups in total. The number of hydrogen-bond donors (Lipinski definition) is 0. The quantitative estimate of drug-likeness (QED) is 0.584. The van der Waals surface area contributed by atoms with Gasteiger partial charge in [-0.3, -0.25) is 0 Å². The highest BCUT2D eigenvalue weighted by Crippen LogP contribution is 2.39. The third kappa shape index (κ3) is 3.87. The van der Waals surface area contributed by atoms with Crippen molar-refractivity contribution in [2.45, 2.75) is 64.1 Å². The van der Waals surface area contributed by atoms with Crippen molar-refractivity contribution in [1.29, 1.82) is 0 Å². The molecule has 4 nitrogen and oxygen atoms in total. The van der Waals surface area contributed by atoms with Gasteiger partial charge < -0.3 is 14.2 Å². The Morgan fingerprint density at radius 2 is 1.75 bits per heavy atom. The summed E-state index contributed by atoms with van der Waals surface area (Å²) in [4.78, 5) is 11.6. The highest BCUT2D eigenvalue weighted by molar-refractivity contribution is 5.59. The van der Waals surface area contributed by atoms with Gasteiger partial charge in [-0.25, -0.2) is 4.79 Å². The molecule has 0 radical (unpaired) electrons. The first-order valence-corrected chi connectivity index (χ1v) is 8.15. The van der Waals surface area contributed by atoms with E-state index in [1.807, 2.05) is 0 Å². The van der Waals surface area contributed by atoms with E-state index < -0.39 is 6.16 Å². The van der Waals surface area contributed by atoms with Gasteiger partial charge in [0.25, 0.3) is 0 Å². The molecule has 2 saturated carbocycles. The number of fused-ring (bicyclic) bond motifs is 1. The standard InChI is InChI=1S/C16H26O4/c1-11-3-2-4-12(7-11)9-18-16(17)19-10-13-5-6-14-15(8-13)20-14/h11-15H,2-10H2,1H3. The Morgan fingerprint density at radius 1 is 1.00 bits per heavy atom. The Bertz CT molecular complexity index is 331. The number of rotatable bonds is 4. The third-order valence-corrected chi connectivity index (χ3v) is 5.03. The Morgan fingerprint density at radius 3 is 2.45 bits per heavy atom. The van der Waals surface area contributed by atoms with Gasteiger partial charge in [-0.2, -0.15) is 0 Å². The van der Waals surface area contributed by atoms with E-state index in [1.54, 1.807) is 0 Å². The van der Waals surface area contributed by atoms with Crippen molar-refractivity contribution < 1.29 is 19.0 Å². The normalized spacial score (nSPS) is 39.8. The van der Waals surface area contributed by atoms with Gasteiger partial charge in [-0.1, -0.05) is 19.8 Å². The van der Waals surface area contributed by atoms with Crippen LogP contribution in [0.1, 0.15) is 51.9 Å². The molecule has 0 bridgehead atoms. The Labute approximate surface area is 121 Å². The average Bonchev–Trinajstić information content (AvgIpc) is 3.21. The Balaban J connectivity index is 1.29. The lowest BCUT2D eigenvalue weighted by molar-refractivity contribution is 0.0253. The van der Waals surface area contributed by atoms with Gasteiger partial charge >= 0.3 is 6.16 Å². The van der Waals surface area contributed by atoms with E-state index in [9.17, 15) is 4.79 Å². The summed E-state index contributed by atoms with van der Waals surface area (Å²) in [6.45, 7) is 3.30. The number of carbonyl (C=O) groups excluding carboxylic acids is 1. The molecular formula is C16H26O4. The maximum atomic E-state index is 11.6. The van der Waals surface area contributed by atoms with E-state index in [1.165, 1.54) is 25.7 Å². The molecule has 5 unspecified atom stereocenters. The Kier molecular flexibility index (Phi) is 4.49. The zero-order valence-electron chi connectivity index (χ0n) is 12.4. The van der Waals surface area contributed by atoms with Crippen molar-refractivity contribution in [1.82, 2.24) is 0 Å². The largest absolute Gasteiger partial charge is 0.508 e. The van der Waals surface area contributed by atoms with Gasteiger partial charge in [-0.05, 0) is 49.9 Å². The van der Waals surface area contributed by atoms with Gasteiger partial charge in [0.15, 0.2) is 0 Å². The lowest BCUT2D eigenvalue weighted by atomic mass is 9.83. The fourth-order valence-corrected chi connectivity index (χ4v) is 3.76. The zero-order valence-corrected chi connectivity index (χ0v) is 12.4. The van der Waals surface area contributed by atoms with Crippen molar-refractivity contribution in [3.8, 4) is 0 Å². The van der Waals surface area contributed by atoms with Crippen LogP contribution in [0, 0.1) is 17.8 Å². The molecule has 0 spiro atoms. The minimum Gasteiger partial charge on any atom is -0.434 e. The molecule has 1 saturated heterocycles. The van der Waals surface area contributed by atoms with Crippen LogP contribution in [0.25, 0.3) is 0 Å². The smallest absolute Gasteiger partial charge is 0.434 e. The minimum atomic E-state index is -0.484. The van der Waals surface area contributed by atoms with Gasteiger partial charge in [0.1, 0.15) is 0 Å². The number of hydrogen-bond acceptors (Lipinski definition) is 4. The fraction of sp³-hybridized carbons (Fsp3) is 0.938. The summed E-state index contributed by atoms with van der Waals surface area (Å²) in [5.41, 5.74) is 0. The summed E-state index contributed by atoms with van der Waals surface area (Å²) in [7, 11) is 0. The predicted octanol–water partition coefficient (Wildman–Crippen LogP) is 3.53. The van der Waals surface area contributed by atoms with Crippen LogP contribution in [0.3, 0.4) is 0 Å². The van der Waals surface area contributed by atoms with E-state index in [-0.39, 0.29) is 0 Å². The third-order valence-electron chi connectivity index (χ3n) is 5.03. The second kappa shape index (κ2) is 6.33. The molecular weight excluding hydrogens is 256 g/mol. The second-order valence-electron chi connectivity index (χ2n) is 6.90. The first-order chi connectivity index (χ1) is 9.70. The molecule has 0 aromatic heterocycles. The molecule has 1 aliphatic heterocycles. The summed E-state index contributed by atoms with van der Waals surface area (Å²) >= 11 is 0. The van der Waals surface area contributed by atoms with Crippen LogP contribution >= 0.6 is 0 Å². The number of epoxide rings is 1. The predicted molar refractivity (Wildman–Crippen MR) is 74.4 cm³/mol. The molecule has 0 aromatic rings. The van der Waals surface area contributed by atoms with E-state index >= 15 is 0 Å². The summed E-state index contributed by atoms with van der Waals surface area (Å²) in [6.07, 6.45) is 8.66. The highest BCUT2D eigenvalue weighted by atomic mass is 16.7. The lowest BCUT2D eigenvalue weighted by Crippen LogP contribution is -2.23. The summed E-state index contributed by atoms with van der Waals surface area (Å²) in [5.74, 6) is 1.75. The molecule has 20 heavy (non-hydrogen) atoms. The number of carbonyl (C=O) groups is 1. The minimum absolute atomic E-state index is 0.442. The van der Waals surface area contributed by atoms with Crippen LogP contribution in [-0.4, -0.2) is 31.6 Å². The molecule has 3 fully saturated rings. The van der Waals surface area contributed by atoms with Gasteiger partial charge in [-0.15, -0.1) is 0 Å². The van der Waals surface area contributed by atoms with Crippen LogP contribution in [0.4, 0.5) is 4.79 Å². The molecule has 1 heterocycles. The molecule has 0 aromatic carbocycles. The second-order valence-corrected chi connectivity index (χ2v) is 6.90. The SMILES string of the molecule is CC1CCCC(COC(=O)OCC2CCC3OC3C2)C1. The average molecular weight is 282 g/mol. The highest BCUT2D eigenvalue weighted by Gasteiger charge is 2.44. The van der Waals surface area contributed by atoms with Crippen molar-refractivity contribution in [3.05, 3.63) is 0 Å². The zero-order chi connectivity index (χ0) is 13.9. The van der Waals surface area contributed by atoms with Crippen LogP contribution in [-0.2, 0) is 14.2 Å². The molecule has 4 heteroatoms. The molecule has 114 valence electrons. The maximum absolute atomic E-state index is 11.6. The first-order valence-electron chi connectivity index (χ1n) is 8.15. The first kappa shape index (κ1) is 14.2. The van der Waals surface area contributed by atoms with Crippen LogP contribution in [0.5, 0.6) is 0 Å². The monoisotopic (exact) mass is 282 g/mol. The van der Waals surface area contributed by atoms with Crippen LogP contribution in [0.2, 0.25) is 0 Å². The van der Waals surface area contributed by atoms with E-state index in [4.69, 9.17) is 14.2 Å². The van der Waals surface area contributed by atoms with Crippen molar-refractivity contribution >= 4 is 6.16 Å². The molecule has 5 atom stereocenters. The van der Waals surface area contributed by atoms with Crippen LogP contribution < -0.4 is 0 Å². The summed E-state index contributed by atoms with van der Waals surface area (Å²) in [5, 5.41) is 0. The maximum Gasteiger partial charge on any atom is 0.508 e. The van der Waals surface area contributed by atoms with Crippen molar-refractivity contribution in [3.63, 3.8) is 0 Å². The molecule has 2 aliphatic carbocycles. The molecule has 3 aliphatic rings. The number of ether oxygens (including phenoxy) is 3. The Hall–Kier alpha value is -0.770. The lowest BCUT2D eigenvalue weighted by Gasteiger charge is -2.26. The van der Waals surface area contributed by atoms with Gasteiger partial charge in [0, 0.05) is 0 Å². The van der Waals surface area contributed by atoms with Gasteiger partial charge in [0.2, 0.25) is 0 Å². The fourth-order valence-electron chi connectivity index (χ4n) is 3.76. The molecule has 0 amide bonds. The summed E-state index contributed by atoms with van der Waals surface area (Å²) in [6, 6.07) is 0. The molecule has 3 rings (SSSR count). The van der Waals surface area contributed by atoms with E-state index in [2.05, 4.69) is 6.92 Å². The van der Waals surface area contributed by atoms with Gasteiger partial charge in [0.05, 0.1) is 25.4 Å². The van der Waals surface area contributed by atoms with E-state index in [0.717, 1.165) is 25.2 Å².